The molecule has 0 aliphatic carbocycles. The highest BCUT2D eigenvalue weighted by Gasteiger charge is 2.42. The third kappa shape index (κ3) is 7.19. The van der Waals surface area contributed by atoms with Gasteiger partial charge >= 0.3 is 8.56 Å². The first kappa shape index (κ1) is 18.1. The van der Waals surface area contributed by atoms with E-state index in [-0.39, 0.29) is 6.10 Å². The van der Waals surface area contributed by atoms with Crippen LogP contribution in [-0.2, 0) is 17.7 Å². The quantitative estimate of drug-likeness (QED) is 0.386. The Kier molecular flexibility index (Phi) is 5.84. The summed E-state index contributed by atoms with van der Waals surface area (Å²) in [4.78, 5) is 0. The molecule has 1 unspecified atom stereocenters. The number of hydrogen-bond donors (Lipinski definition) is 0. The lowest BCUT2D eigenvalue weighted by Crippen LogP contribution is -2.53. The molecule has 0 aromatic rings. The summed E-state index contributed by atoms with van der Waals surface area (Å²) in [5.74, 6) is 0. The van der Waals surface area contributed by atoms with Crippen molar-refractivity contribution in [2.75, 3.05) is 13.2 Å². The molecular weight excluding hydrogens is 304 g/mol. The maximum absolute atomic E-state index is 6.45. The molecular formula is C13H30O4Si3. The fourth-order valence-electron chi connectivity index (χ4n) is 1.90. The normalized spacial score (nSPS) is 21.0. The van der Waals surface area contributed by atoms with E-state index in [1.54, 1.807) is 0 Å². The molecule has 0 amide bonds. The summed E-state index contributed by atoms with van der Waals surface area (Å²) in [7, 11) is -5.69. The Morgan fingerprint density at radius 2 is 1.50 bits per heavy atom. The molecule has 7 heteroatoms. The van der Waals surface area contributed by atoms with E-state index in [0.717, 1.165) is 11.8 Å². The molecule has 1 atom stereocenters. The predicted octanol–water partition coefficient (Wildman–Crippen LogP) is 3.62. The van der Waals surface area contributed by atoms with Crippen LogP contribution in [0.25, 0.3) is 0 Å². The molecule has 0 spiro atoms. The van der Waals surface area contributed by atoms with E-state index in [0.29, 0.717) is 6.61 Å². The van der Waals surface area contributed by atoms with Crippen molar-refractivity contribution >= 4 is 25.2 Å². The van der Waals surface area contributed by atoms with Crippen molar-refractivity contribution in [2.45, 2.75) is 58.9 Å². The summed E-state index contributed by atoms with van der Waals surface area (Å²) in [5.41, 5.74) is 0. The van der Waals surface area contributed by atoms with E-state index in [9.17, 15) is 0 Å². The van der Waals surface area contributed by atoms with Gasteiger partial charge in [0.25, 0.3) is 0 Å². The van der Waals surface area contributed by atoms with Gasteiger partial charge in [-0.05, 0) is 52.8 Å². The van der Waals surface area contributed by atoms with E-state index in [1.165, 1.54) is 0 Å². The summed E-state index contributed by atoms with van der Waals surface area (Å²) in [6, 6.07) is 0. The second-order valence-electron chi connectivity index (χ2n) is 7.46. The number of allylic oxidation sites excluding steroid dienone is 1. The molecule has 1 rings (SSSR count). The van der Waals surface area contributed by atoms with Crippen LogP contribution in [0.1, 0.15) is 6.92 Å². The highest BCUT2D eigenvalue weighted by Crippen LogP contribution is 2.27. The lowest BCUT2D eigenvalue weighted by Gasteiger charge is -2.38. The molecule has 1 heterocycles. The Balaban J connectivity index is 2.77. The van der Waals surface area contributed by atoms with Crippen LogP contribution in [0.4, 0.5) is 0 Å². The second kappa shape index (κ2) is 6.45. The summed E-state index contributed by atoms with van der Waals surface area (Å²) in [6.07, 6.45) is 2.11. The van der Waals surface area contributed by atoms with Crippen LogP contribution in [0, 0.1) is 0 Å². The van der Waals surface area contributed by atoms with Crippen LogP contribution in [0.5, 0.6) is 0 Å². The average molecular weight is 335 g/mol. The van der Waals surface area contributed by atoms with E-state index in [4.69, 9.17) is 17.7 Å². The third-order valence-electron chi connectivity index (χ3n) is 2.66. The molecule has 0 bridgehead atoms. The zero-order valence-electron chi connectivity index (χ0n) is 14.2. The van der Waals surface area contributed by atoms with Gasteiger partial charge in [0.05, 0.1) is 12.9 Å². The van der Waals surface area contributed by atoms with Crippen molar-refractivity contribution in [1.29, 1.82) is 0 Å². The fraction of sp³-hybridized carbons (Fsp3) is 0.846. The molecule has 1 fully saturated rings. The highest BCUT2D eigenvalue weighted by molar-refractivity contribution is 6.90. The van der Waals surface area contributed by atoms with Crippen molar-refractivity contribution < 1.29 is 17.7 Å². The van der Waals surface area contributed by atoms with Crippen molar-refractivity contribution in [3.63, 3.8) is 0 Å². The average Bonchev–Trinajstić information content (AvgIpc) is 2.94. The molecule has 20 heavy (non-hydrogen) atoms. The summed E-state index contributed by atoms with van der Waals surface area (Å²) in [5, 5.41) is 1.11. The lowest BCUT2D eigenvalue weighted by molar-refractivity contribution is 0.210. The molecule has 0 saturated carbocycles. The van der Waals surface area contributed by atoms with Gasteiger partial charge in [-0.25, -0.2) is 0 Å². The fourth-order valence-corrected chi connectivity index (χ4v) is 13.4. The van der Waals surface area contributed by atoms with Gasteiger partial charge in [-0.1, -0.05) is 0 Å². The van der Waals surface area contributed by atoms with Crippen LogP contribution >= 0.6 is 0 Å². The monoisotopic (exact) mass is 334 g/mol. The summed E-state index contributed by atoms with van der Waals surface area (Å²) in [6.45, 7) is 18.9. The second-order valence-corrected chi connectivity index (χ2v) is 20.2. The minimum Gasteiger partial charge on any atom is -0.499 e. The van der Waals surface area contributed by atoms with Gasteiger partial charge in [0, 0.05) is 5.20 Å². The predicted molar refractivity (Wildman–Crippen MR) is 89.9 cm³/mol. The molecule has 1 aliphatic rings. The summed E-state index contributed by atoms with van der Waals surface area (Å²) < 4.78 is 23.7. The van der Waals surface area contributed by atoms with Gasteiger partial charge in [0.15, 0.2) is 16.6 Å². The topological polar surface area (TPSA) is 40.2 Å². The first-order valence-electron chi connectivity index (χ1n) is 7.22. The zero-order chi connectivity index (χ0) is 15.6. The molecule has 0 radical (unpaired) electrons. The van der Waals surface area contributed by atoms with Crippen LogP contribution in [0.15, 0.2) is 11.5 Å². The minimum absolute atomic E-state index is 0.280. The number of hydrogen-bond acceptors (Lipinski definition) is 4. The van der Waals surface area contributed by atoms with Crippen molar-refractivity contribution in [3.8, 4) is 0 Å². The Labute approximate surface area is 127 Å². The van der Waals surface area contributed by atoms with E-state index >= 15 is 0 Å². The van der Waals surface area contributed by atoms with Gasteiger partial charge in [0.2, 0.25) is 0 Å². The molecule has 118 valence electrons. The van der Waals surface area contributed by atoms with Crippen LogP contribution in [-0.4, -0.2) is 44.5 Å². The van der Waals surface area contributed by atoms with Gasteiger partial charge in [-0.15, -0.1) is 0 Å². The standard InChI is InChI=1S/C13H30O4Si3/c1-12(9-14-10-13-11-15-13)20(8,16-18(2,3)4)17-19(5,6)7/h9,13H,10-11H2,1-8H3/b12-9+. The van der Waals surface area contributed by atoms with E-state index in [2.05, 4.69) is 52.8 Å². The van der Waals surface area contributed by atoms with Crippen molar-refractivity contribution in [2.24, 2.45) is 0 Å². The molecule has 0 aromatic heterocycles. The highest BCUT2D eigenvalue weighted by atomic mass is 28.5. The maximum Gasteiger partial charge on any atom is 0.347 e. The van der Waals surface area contributed by atoms with Crippen molar-refractivity contribution in [3.05, 3.63) is 11.5 Å². The van der Waals surface area contributed by atoms with Gasteiger partial charge in [0.1, 0.15) is 12.7 Å². The number of ether oxygens (including phenoxy) is 2. The Bertz CT molecular complexity index is 338. The maximum atomic E-state index is 6.45. The molecule has 4 nitrogen and oxygen atoms in total. The van der Waals surface area contributed by atoms with Crippen LogP contribution in [0.3, 0.4) is 0 Å². The van der Waals surface area contributed by atoms with Crippen molar-refractivity contribution in [1.82, 2.24) is 0 Å². The zero-order valence-corrected chi connectivity index (χ0v) is 17.2. The number of rotatable bonds is 8. The van der Waals surface area contributed by atoms with Gasteiger partial charge < -0.3 is 17.7 Å². The lowest BCUT2D eigenvalue weighted by atomic mass is 10.5. The van der Waals surface area contributed by atoms with Crippen LogP contribution < -0.4 is 0 Å². The van der Waals surface area contributed by atoms with E-state index in [1.807, 2.05) is 6.26 Å². The Morgan fingerprint density at radius 3 is 1.85 bits per heavy atom. The molecule has 1 aliphatic heterocycles. The Hall–Kier alpha value is 0.0706. The molecule has 1 saturated heterocycles. The largest absolute Gasteiger partial charge is 0.499 e. The first-order chi connectivity index (χ1) is 8.91. The van der Waals surface area contributed by atoms with Crippen LogP contribution in [0.2, 0.25) is 45.8 Å². The smallest absolute Gasteiger partial charge is 0.347 e. The Morgan fingerprint density at radius 1 is 1.05 bits per heavy atom. The van der Waals surface area contributed by atoms with Gasteiger partial charge in [-0.2, -0.15) is 0 Å². The number of epoxide rings is 1. The molecule has 0 aromatic carbocycles. The minimum atomic E-state index is -2.36. The van der Waals surface area contributed by atoms with E-state index < -0.39 is 25.2 Å². The molecule has 0 N–H and O–H groups in total. The third-order valence-corrected chi connectivity index (χ3v) is 12.2. The summed E-state index contributed by atoms with van der Waals surface area (Å²) >= 11 is 0. The van der Waals surface area contributed by atoms with Gasteiger partial charge in [-0.3, -0.25) is 0 Å². The first-order valence-corrected chi connectivity index (χ1v) is 16.4. The SMILES string of the molecule is C/C(=C\OCC1CO1)[Si](C)(O[Si](C)(C)C)O[Si](C)(C)C.